The van der Waals surface area contributed by atoms with E-state index in [0.717, 1.165) is 15.6 Å². The number of benzene rings is 2. The molecule has 31 heavy (non-hydrogen) atoms. The van der Waals surface area contributed by atoms with Crippen LogP contribution in [0.4, 0.5) is 0 Å². The van der Waals surface area contributed by atoms with Crippen LogP contribution in [0.1, 0.15) is 22.8 Å². The van der Waals surface area contributed by atoms with Crippen LogP contribution in [0.15, 0.2) is 41.8 Å². The van der Waals surface area contributed by atoms with E-state index in [1.54, 1.807) is 34.4 Å². The summed E-state index contributed by atoms with van der Waals surface area (Å²) < 4.78 is 12.7. The lowest BCUT2D eigenvalue weighted by atomic mass is 10.1. The third-order valence-corrected chi connectivity index (χ3v) is 6.68. The molecule has 1 atom stereocenters. The lowest BCUT2D eigenvalue weighted by Crippen LogP contribution is -2.48. The van der Waals surface area contributed by atoms with Gasteiger partial charge in [0.25, 0.3) is 0 Å². The van der Waals surface area contributed by atoms with Crippen molar-refractivity contribution in [3.05, 3.63) is 63.0 Å². The molecule has 0 N–H and O–H groups in total. The average molecular weight is 478 g/mol. The summed E-state index contributed by atoms with van der Waals surface area (Å²) in [7, 11) is 0. The second-order valence-electron chi connectivity index (χ2n) is 7.42. The number of amides is 1. The van der Waals surface area contributed by atoms with Gasteiger partial charge in [0.15, 0.2) is 5.78 Å². The average Bonchev–Trinajstić information content (AvgIpc) is 3.14. The van der Waals surface area contributed by atoms with Gasteiger partial charge in [0.05, 0.1) is 25.1 Å². The SMILES string of the molecule is CC(=O)c1cc(Cl)ccc1OCC1CN(C(=O)Cc2csc3ccc(Cl)cc23)CCO1. The van der Waals surface area contributed by atoms with E-state index in [1.807, 2.05) is 23.6 Å². The molecule has 5 nitrogen and oxygen atoms in total. The standard InChI is InChI=1S/C23H21Cl2NO4S/c1-14(27)19-9-16(24)2-4-21(19)30-12-18-11-26(6-7-29-18)23(28)8-15-13-31-22-5-3-17(25)10-20(15)22/h2-5,9-10,13,18H,6-8,11-12H2,1H3. The van der Waals surface area contributed by atoms with Gasteiger partial charge in [0.2, 0.25) is 5.91 Å². The van der Waals surface area contributed by atoms with E-state index in [-0.39, 0.29) is 24.4 Å². The summed E-state index contributed by atoms with van der Waals surface area (Å²) in [4.78, 5) is 26.6. The number of morpholine rings is 1. The molecule has 8 heteroatoms. The van der Waals surface area contributed by atoms with Gasteiger partial charge in [-0.2, -0.15) is 0 Å². The van der Waals surface area contributed by atoms with Gasteiger partial charge in [0, 0.05) is 21.3 Å². The molecule has 4 rings (SSSR count). The minimum absolute atomic E-state index is 0.0453. The predicted octanol–water partition coefficient (Wildman–Crippen LogP) is 5.26. The van der Waals surface area contributed by atoms with E-state index in [9.17, 15) is 9.59 Å². The number of thiophene rings is 1. The second-order valence-corrected chi connectivity index (χ2v) is 9.20. The Labute approximate surface area is 194 Å². The van der Waals surface area contributed by atoms with E-state index in [0.29, 0.717) is 47.5 Å². The Morgan fingerprint density at radius 1 is 1.19 bits per heavy atom. The number of nitrogens with zero attached hydrogens (tertiary/aromatic N) is 1. The Bertz CT molecular complexity index is 1130. The van der Waals surface area contributed by atoms with E-state index < -0.39 is 0 Å². The molecular weight excluding hydrogens is 457 g/mol. The van der Waals surface area contributed by atoms with Gasteiger partial charge in [-0.05, 0) is 59.7 Å². The fourth-order valence-electron chi connectivity index (χ4n) is 3.60. The quantitative estimate of drug-likeness (QED) is 0.454. The number of carbonyl (C=O) groups excluding carboxylic acids is 2. The molecule has 1 unspecified atom stereocenters. The molecule has 2 aromatic carbocycles. The van der Waals surface area contributed by atoms with Crippen molar-refractivity contribution in [2.24, 2.45) is 0 Å². The van der Waals surface area contributed by atoms with Crippen molar-refractivity contribution in [1.82, 2.24) is 4.90 Å². The summed E-state index contributed by atoms with van der Waals surface area (Å²) in [6.45, 7) is 3.12. The molecule has 1 fully saturated rings. The van der Waals surface area contributed by atoms with Crippen molar-refractivity contribution in [3.8, 4) is 5.75 Å². The molecule has 0 bridgehead atoms. The van der Waals surface area contributed by atoms with Gasteiger partial charge in [-0.3, -0.25) is 9.59 Å². The zero-order chi connectivity index (χ0) is 22.0. The van der Waals surface area contributed by atoms with E-state index >= 15 is 0 Å². The summed E-state index contributed by atoms with van der Waals surface area (Å²) in [5, 5.41) is 4.18. The van der Waals surface area contributed by atoms with Crippen LogP contribution in [0, 0.1) is 0 Å². The Kier molecular flexibility index (Phi) is 6.82. The fourth-order valence-corrected chi connectivity index (χ4v) is 4.89. The first-order chi connectivity index (χ1) is 14.9. The fraction of sp³-hybridized carbons (Fsp3) is 0.304. The molecule has 1 aliphatic heterocycles. The third-order valence-electron chi connectivity index (χ3n) is 5.19. The summed E-state index contributed by atoms with van der Waals surface area (Å²) in [6.07, 6.45) is 0.0430. The van der Waals surface area contributed by atoms with Gasteiger partial charge in [-0.25, -0.2) is 0 Å². The lowest BCUT2D eigenvalue weighted by molar-refractivity contribution is -0.139. The number of hydrogen-bond donors (Lipinski definition) is 0. The first-order valence-electron chi connectivity index (χ1n) is 9.89. The number of ether oxygens (including phenoxy) is 2. The molecule has 162 valence electrons. The number of rotatable bonds is 6. The van der Waals surface area contributed by atoms with Crippen molar-refractivity contribution in [2.75, 3.05) is 26.3 Å². The number of hydrogen-bond acceptors (Lipinski definition) is 5. The number of fused-ring (bicyclic) bond motifs is 1. The van der Waals surface area contributed by atoms with Crippen LogP contribution in [0.3, 0.4) is 0 Å². The number of Topliss-reactive ketones (excluding diaryl/α,β-unsaturated/α-hetero) is 1. The van der Waals surface area contributed by atoms with Gasteiger partial charge in [-0.1, -0.05) is 23.2 Å². The van der Waals surface area contributed by atoms with Crippen LogP contribution < -0.4 is 4.74 Å². The number of carbonyl (C=O) groups is 2. The Balaban J connectivity index is 1.39. The highest BCUT2D eigenvalue weighted by atomic mass is 35.5. The van der Waals surface area contributed by atoms with Crippen LogP contribution >= 0.6 is 34.5 Å². The molecular formula is C23H21Cl2NO4S. The molecule has 0 aliphatic carbocycles. The lowest BCUT2D eigenvalue weighted by Gasteiger charge is -2.33. The van der Waals surface area contributed by atoms with E-state index in [4.69, 9.17) is 32.7 Å². The van der Waals surface area contributed by atoms with Crippen LogP contribution in [0.25, 0.3) is 10.1 Å². The molecule has 1 aromatic heterocycles. The summed E-state index contributed by atoms with van der Waals surface area (Å²) >= 11 is 13.7. The monoisotopic (exact) mass is 477 g/mol. The molecule has 0 saturated carbocycles. The van der Waals surface area contributed by atoms with Crippen molar-refractivity contribution < 1.29 is 19.1 Å². The Morgan fingerprint density at radius 2 is 1.97 bits per heavy atom. The Hall–Kier alpha value is -2.12. The Morgan fingerprint density at radius 3 is 2.77 bits per heavy atom. The van der Waals surface area contributed by atoms with Crippen LogP contribution in [0.2, 0.25) is 10.0 Å². The van der Waals surface area contributed by atoms with Gasteiger partial charge in [0.1, 0.15) is 18.5 Å². The maximum atomic E-state index is 12.9. The highest BCUT2D eigenvalue weighted by molar-refractivity contribution is 7.17. The molecule has 1 amide bonds. The van der Waals surface area contributed by atoms with Gasteiger partial charge >= 0.3 is 0 Å². The van der Waals surface area contributed by atoms with Crippen LogP contribution in [0.5, 0.6) is 5.75 Å². The zero-order valence-corrected chi connectivity index (χ0v) is 19.2. The van der Waals surface area contributed by atoms with Crippen molar-refractivity contribution in [1.29, 1.82) is 0 Å². The first kappa shape index (κ1) is 22.1. The van der Waals surface area contributed by atoms with Crippen molar-refractivity contribution >= 4 is 56.3 Å². The molecule has 3 aromatic rings. The molecule has 0 radical (unpaired) electrons. The predicted molar refractivity (Wildman–Crippen MR) is 124 cm³/mol. The zero-order valence-electron chi connectivity index (χ0n) is 16.9. The maximum absolute atomic E-state index is 12.9. The summed E-state index contributed by atoms with van der Waals surface area (Å²) in [6, 6.07) is 10.7. The highest BCUT2D eigenvalue weighted by Gasteiger charge is 2.26. The third kappa shape index (κ3) is 5.21. The van der Waals surface area contributed by atoms with Crippen LogP contribution in [-0.2, 0) is 16.0 Å². The minimum atomic E-state index is -0.276. The van der Waals surface area contributed by atoms with E-state index in [1.165, 1.54) is 6.92 Å². The van der Waals surface area contributed by atoms with Gasteiger partial charge < -0.3 is 14.4 Å². The molecule has 0 spiro atoms. The first-order valence-corrected chi connectivity index (χ1v) is 11.5. The van der Waals surface area contributed by atoms with Crippen LogP contribution in [-0.4, -0.2) is 49.0 Å². The van der Waals surface area contributed by atoms with Crippen molar-refractivity contribution in [3.63, 3.8) is 0 Å². The summed E-state index contributed by atoms with van der Waals surface area (Å²) in [5.74, 6) is 0.386. The largest absolute Gasteiger partial charge is 0.490 e. The second kappa shape index (κ2) is 9.57. The molecule has 1 saturated heterocycles. The van der Waals surface area contributed by atoms with Gasteiger partial charge in [-0.15, -0.1) is 11.3 Å². The minimum Gasteiger partial charge on any atom is -0.490 e. The smallest absolute Gasteiger partial charge is 0.227 e. The molecule has 1 aliphatic rings. The molecule has 2 heterocycles. The van der Waals surface area contributed by atoms with E-state index in [2.05, 4.69) is 0 Å². The topological polar surface area (TPSA) is 55.8 Å². The van der Waals surface area contributed by atoms with Crippen molar-refractivity contribution in [2.45, 2.75) is 19.4 Å². The number of ketones is 1. The number of halogens is 2. The maximum Gasteiger partial charge on any atom is 0.227 e. The normalized spacial score (nSPS) is 16.5. The summed E-state index contributed by atoms with van der Waals surface area (Å²) in [5.41, 5.74) is 1.42. The highest BCUT2D eigenvalue weighted by Crippen LogP contribution is 2.29.